The van der Waals surface area contributed by atoms with Gasteiger partial charge in [-0.2, -0.15) is 0 Å². The van der Waals surface area contributed by atoms with E-state index in [1.165, 1.54) is 9.80 Å². The lowest BCUT2D eigenvalue weighted by molar-refractivity contribution is -0.150. The van der Waals surface area contributed by atoms with Crippen molar-refractivity contribution in [2.75, 3.05) is 25.2 Å². The fraction of sp³-hybridized carbons (Fsp3) is 0.522. The van der Waals surface area contributed by atoms with Gasteiger partial charge in [-0.25, -0.2) is 0 Å². The molecule has 0 radical (unpaired) electrons. The smallest absolute Gasteiger partial charge is 0.310 e. The molecule has 2 amide bonds. The van der Waals surface area contributed by atoms with E-state index in [1.54, 1.807) is 44.4 Å². The van der Waals surface area contributed by atoms with Gasteiger partial charge in [0.1, 0.15) is 17.4 Å². The van der Waals surface area contributed by atoms with E-state index < -0.39 is 53.4 Å². The number of likely N-dealkylation sites (tertiary alicyclic amines) is 1. The lowest BCUT2D eigenvalue weighted by Crippen LogP contribution is -2.58. The van der Waals surface area contributed by atoms with Crippen LogP contribution in [-0.4, -0.2) is 81.8 Å². The van der Waals surface area contributed by atoms with E-state index in [9.17, 15) is 24.6 Å². The molecule has 0 aromatic heterocycles. The molecule has 0 saturated carbocycles. The molecule has 1 aromatic carbocycles. The van der Waals surface area contributed by atoms with Crippen LogP contribution in [-0.2, 0) is 19.1 Å². The van der Waals surface area contributed by atoms with Crippen molar-refractivity contribution in [1.29, 1.82) is 0 Å². The molecule has 2 bridgehead atoms. The number of hydrogen-bond acceptors (Lipinski definition) is 6. The highest BCUT2D eigenvalue weighted by atomic mass is 79.9. The van der Waals surface area contributed by atoms with Gasteiger partial charge in [0, 0.05) is 17.1 Å². The molecule has 33 heavy (non-hydrogen) atoms. The van der Waals surface area contributed by atoms with Crippen LogP contribution in [0.3, 0.4) is 0 Å². The van der Waals surface area contributed by atoms with Crippen molar-refractivity contribution in [3.05, 3.63) is 36.9 Å². The van der Waals surface area contributed by atoms with Crippen LogP contribution in [0.5, 0.6) is 5.75 Å². The largest absolute Gasteiger partial charge is 0.497 e. The zero-order valence-electron chi connectivity index (χ0n) is 18.4. The van der Waals surface area contributed by atoms with Gasteiger partial charge >= 0.3 is 5.97 Å². The average Bonchev–Trinajstić information content (AvgIpc) is 3.40. The normalized spacial score (nSPS) is 33.0. The first-order chi connectivity index (χ1) is 15.7. The number of benzene rings is 1. The standard InChI is InChI=1S/C23H27BrN2O7/c1-4-9-25(13-5-7-14(32-3)8-6-13)21(29)19-23-10-15(24)18(33-23)16(22(30)31)17(23)20(28)26(19)12(2)11-27/h4-8,12,15-19,27H,1,9-11H2,2-3H3,(H,30,31)/t12-,15?,16+,17-,18+,19+,23-/m1/s1. The fourth-order valence-electron chi connectivity index (χ4n) is 5.55. The fourth-order valence-corrected chi connectivity index (χ4v) is 6.50. The van der Waals surface area contributed by atoms with Gasteiger partial charge in [0.25, 0.3) is 5.91 Å². The van der Waals surface area contributed by atoms with Gasteiger partial charge in [-0.3, -0.25) is 14.4 Å². The molecule has 0 aliphatic carbocycles. The molecule has 9 nitrogen and oxygen atoms in total. The summed E-state index contributed by atoms with van der Waals surface area (Å²) in [6, 6.07) is 5.12. The number of anilines is 1. The summed E-state index contributed by atoms with van der Waals surface area (Å²) in [4.78, 5) is 42.3. The Balaban J connectivity index is 1.81. The first-order valence-electron chi connectivity index (χ1n) is 10.8. The maximum absolute atomic E-state index is 14.1. The molecule has 1 spiro atoms. The van der Waals surface area contributed by atoms with Crippen molar-refractivity contribution in [2.24, 2.45) is 11.8 Å². The summed E-state index contributed by atoms with van der Waals surface area (Å²) in [5, 5.41) is 19.8. The highest BCUT2D eigenvalue weighted by molar-refractivity contribution is 9.09. The molecule has 10 heteroatoms. The Morgan fingerprint density at radius 3 is 2.64 bits per heavy atom. The van der Waals surface area contributed by atoms with Crippen LogP contribution in [0.2, 0.25) is 0 Å². The van der Waals surface area contributed by atoms with Crippen molar-refractivity contribution < 1.29 is 34.1 Å². The van der Waals surface area contributed by atoms with Gasteiger partial charge in [-0.1, -0.05) is 22.0 Å². The molecule has 1 unspecified atom stereocenters. The highest BCUT2D eigenvalue weighted by Gasteiger charge is 2.77. The van der Waals surface area contributed by atoms with Crippen LogP contribution in [0.25, 0.3) is 0 Å². The van der Waals surface area contributed by atoms with E-state index in [1.807, 2.05) is 0 Å². The number of aliphatic hydroxyl groups excluding tert-OH is 1. The number of fused-ring (bicyclic) bond motifs is 1. The van der Waals surface area contributed by atoms with Gasteiger partial charge in [0.15, 0.2) is 0 Å². The zero-order chi connectivity index (χ0) is 24.1. The Hall–Kier alpha value is -2.43. The van der Waals surface area contributed by atoms with Crippen molar-refractivity contribution in [2.45, 2.75) is 42.0 Å². The monoisotopic (exact) mass is 522 g/mol. The van der Waals surface area contributed by atoms with Crippen LogP contribution in [0.1, 0.15) is 13.3 Å². The van der Waals surface area contributed by atoms with Crippen molar-refractivity contribution in [3.63, 3.8) is 0 Å². The molecule has 3 aliphatic heterocycles. The number of hydrogen-bond donors (Lipinski definition) is 2. The molecular formula is C23H27BrN2O7. The summed E-state index contributed by atoms with van der Waals surface area (Å²) in [6.45, 7) is 5.19. The Labute approximate surface area is 200 Å². The third kappa shape index (κ3) is 3.46. The number of carbonyl (C=O) groups is 3. The second-order valence-corrected chi connectivity index (χ2v) is 9.89. The Bertz CT molecular complexity index is 970. The van der Waals surface area contributed by atoms with Gasteiger partial charge in [-0.05, 0) is 37.6 Å². The van der Waals surface area contributed by atoms with E-state index >= 15 is 0 Å². The van der Waals surface area contributed by atoms with Crippen LogP contribution in [0.4, 0.5) is 5.69 Å². The summed E-state index contributed by atoms with van der Waals surface area (Å²) in [5.41, 5.74) is -0.729. The number of halogens is 1. The first kappa shape index (κ1) is 23.7. The molecule has 178 valence electrons. The molecule has 3 saturated heterocycles. The number of ether oxygens (including phenoxy) is 2. The van der Waals surface area contributed by atoms with E-state index in [0.29, 0.717) is 17.9 Å². The number of methoxy groups -OCH3 is 1. The predicted octanol–water partition coefficient (Wildman–Crippen LogP) is 1.43. The van der Waals surface area contributed by atoms with E-state index in [4.69, 9.17) is 9.47 Å². The van der Waals surface area contributed by atoms with Crippen LogP contribution in [0.15, 0.2) is 36.9 Å². The van der Waals surface area contributed by atoms with E-state index in [0.717, 1.165) is 0 Å². The molecule has 4 rings (SSSR count). The lowest BCUT2D eigenvalue weighted by Gasteiger charge is -2.38. The van der Waals surface area contributed by atoms with Crippen LogP contribution >= 0.6 is 15.9 Å². The first-order valence-corrected chi connectivity index (χ1v) is 11.7. The third-order valence-corrected chi connectivity index (χ3v) is 7.79. The minimum Gasteiger partial charge on any atom is -0.497 e. The number of carboxylic acids is 1. The number of carbonyl (C=O) groups excluding carboxylic acids is 2. The lowest BCUT2D eigenvalue weighted by atomic mass is 9.70. The minimum atomic E-state index is -1.30. The van der Waals surface area contributed by atoms with Gasteiger partial charge in [-0.15, -0.1) is 6.58 Å². The van der Waals surface area contributed by atoms with Crippen LogP contribution < -0.4 is 9.64 Å². The average molecular weight is 523 g/mol. The minimum absolute atomic E-state index is 0.168. The molecule has 7 atom stereocenters. The Morgan fingerprint density at radius 1 is 1.42 bits per heavy atom. The molecule has 3 fully saturated rings. The highest BCUT2D eigenvalue weighted by Crippen LogP contribution is 2.60. The molecule has 3 aliphatic rings. The maximum atomic E-state index is 14.1. The van der Waals surface area contributed by atoms with Gasteiger partial charge in [0.2, 0.25) is 5.91 Å². The maximum Gasteiger partial charge on any atom is 0.310 e. The number of nitrogens with zero attached hydrogens (tertiary/aromatic N) is 2. The Kier molecular flexibility index (Phi) is 6.28. The van der Waals surface area contributed by atoms with Crippen molar-refractivity contribution in [1.82, 2.24) is 4.90 Å². The number of carboxylic acid groups (broad SMARTS) is 1. The predicted molar refractivity (Wildman–Crippen MR) is 122 cm³/mol. The van der Waals surface area contributed by atoms with E-state index in [2.05, 4.69) is 22.5 Å². The van der Waals surface area contributed by atoms with Crippen LogP contribution in [0, 0.1) is 11.8 Å². The number of aliphatic carboxylic acids is 1. The molecular weight excluding hydrogens is 496 g/mol. The molecule has 3 heterocycles. The van der Waals surface area contributed by atoms with E-state index in [-0.39, 0.29) is 18.0 Å². The quantitative estimate of drug-likeness (QED) is 0.391. The number of alkyl halides is 1. The summed E-state index contributed by atoms with van der Waals surface area (Å²) >= 11 is 3.51. The SMILES string of the molecule is C=CCN(C(=O)[C@@H]1N([C@H](C)CO)C(=O)[C@H]2[C@H](C(=O)O)[C@H]3O[C@@]12CC3Br)c1ccc(OC)cc1. The second kappa shape index (κ2) is 8.73. The molecule has 2 N–H and O–H groups in total. The Morgan fingerprint density at radius 2 is 2.09 bits per heavy atom. The number of rotatable bonds is 8. The zero-order valence-corrected chi connectivity index (χ0v) is 20.0. The number of amides is 2. The van der Waals surface area contributed by atoms with Crippen molar-refractivity contribution in [3.8, 4) is 5.75 Å². The van der Waals surface area contributed by atoms with Gasteiger partial charge in [0.05, 0.1) is 37.7 Å². The molecule has 1 aromatic rings. The number of aliphatic hydroxyl groups is 1. The summed E-state index contributed by atoms with van der Waals surface area (Å²) in [6.07, 6.45) is 1.17. The third-order valence-electron chi connectivity index (χ3n) is 6.95. The summed E-state index contributed by atoms with van der Waals surface area (Å²) in [7, 11) is 1.54. The summed E-state index contributed by atoms with van der Waals surface area (Å²) in [5.74, 6) is -3.47. The van der Waals surface area contributed by atoms with Crippen molar-refractivity contribution >= 4 is 39.4 Å². The van der Waals surface area contributed by atoms with Gasteiger partial charge < -0.3 is 29.5 Å². The second-order valence-electron chi connectivity index (χ2n) is 8.71. The topological polar surface area (TPSA) is 117 Å². The summed E-state index contributed by atoms with van der Waals surface area (Å²) < 4.78 is 11.4.